The van der Waals surface area contributed by atoms with E-state index in [-0.39, 0.29) is 5.41 Å². The van der Waals surface area contributed by atoms with Gasteiger partial charge in [0.15, 0.2) is 0 Å². The van der Waals surface area contributed by atoms with Crippen LogP contribution in [0.2, 0.25) is 0 Å². The molecule has 3 N–H and O–H groups in total. The average Bonchev–Trinajstić information content (AvgIpc) is 3.12. The molecule has 5 aliphatic rings. The van der Waals surface area contributed by atoms with Crippen LogP contribution in [-0.4, -0.2) is 29.7 Å². The summed E-state index contributed by atoms with van der Waals surface area (Å²) >= 11 is 0. The van der Waals surface area contributed by atoms with Crippen LogP contribution in [0.15, 0.2) is 71.5 Å². The van der Waals surface area contributed by atoms with Gasteiger partial charge in [0.1, 0.15) is 0 Å². The Morgan fingerprint density at radius 2 is 2.03 bits per heavy atom. The number of hydrogen-bond acceptors (Lipinski definition) is 3. The van der Waals surface area contributed by atoms with Crippen LogP contribution in [0.25, 0.3) is 0 Å². The van der Waals surface area contributed by atoms with Crippen molar-refractivity contribution in [1.29, 1.82) is 0 Å². The van der Waals surface area contributed by atoms with E-state index in [4.69, 9.17) is 5.73 Å². The average molecular weight is 404 g/mol. The van der Waals surface area contributed by atoms with E-state index in [0.717, 1.165) is 12.8 Å². The molecule has 1 saturated carbocycles. The Hall–Kier alpha value is -1.84. The third-order valence-electron chi connectivity index (χ3n) is 8.31. The lowest BCUT2D eigenvalue weighted by molar-refractivity contribution is 0.0335. The zero-order valence-corrected chi connectivity index (χ0v) is 18.6. The Morgan fingerprint density at radius 3 is 2.77 bits per heavy atom. The highest BCUT2D eigenvalue weighted by Gasteiger charge is 2.57. The molecule has 30 heavy (non-hydrogen) atoms. The molecule has 4 aliphatic carbocycles. The summed E-state index contributed by atoms with van der Waals surface area (Å²) in [5.74, 6) is 1.29. The van der Waals surface area contributed by atoms with Crippen molar-refractivity contribution in [3.05, 3.63) is 71.5 Å². The molecule has 1 heterocycles. The third-order valence-corrected chi connectivity index (χ3v) is 8.31. The summed E-state index contributed by atoms with van der Waals surface area (Å²) in [6, 6.07) is 1.33. The lowest BCUT2D eigenvalue weighted by atomic mass is 9.58. The number of nitrogens with two attached hydrogens (primary N) is 1. The maximum atomic E-state index is 6.06. The van der Waals surface area contributed by atoms with Crippen molar-refractivity contribution in [2.75, 3.05) is 6.67 Å². The maximum Gasteiger partial charge on any atom is 0.0514 e. The van der Waals surface area contributed by atoms with Crippen molar-refractivity contribution in [3.8, 4) is 0 Å². The normalized spacial score (nSPS) is 39.9. The smallest absolute Gasteiger partial charge is 0.0514 e. The van der Waals surface area contributed by atoms with Crippen LogP contribution in [0.1, 0.15) is 52.4 Å². The Kier molecular flexibility index (Phi) is 5.37. The number of rotatable bonds is 4. The summed E-state index contributed by atoms with van der Waals surface area (Å²) in [6.45, 7) is 5.39. The molecule has 0 radical (unpaired) electrons. The fourth-order valence-corrected chi connectivity index (χ4v) is 6.84. The minimum atomic E-state index is 0.0408. The zero-order valence-electron chi connectivity index (χ0n) is 18.6. The van der Waals surface area contributed by atoms with Crippen LogP contribution in [0.5, 0.6) is 0 Å². The number of hydrogen-bond donors (Lipinski definition) is 2. The second-order valence-corrected chi connectivity index (χ2v) is 9.98. The van der Waals surface area contributed by atoms with Gasteiger partial charge >= 0.3 is 0 Å². The van der Waals surface area contributed by atoms with Gasteiger partial charge in [0.25, 0.3) is 0 Å². The van der Waals surface area contributed by atoms with Crippen LogP contribution in [0.4, 0.5) is 0 Å². The van der Waals surface area contributed by atoms with Gasteiger partial charge in [-0.15, -0.1) is 0 Å². The molecule has 0 bridgehead atoms. The van der Waals surface area contributed by atoms with Crippen molar-refractivity contribution in [1.82, 2.24) is 10.2 Å². The van der Waals surface area contributed by atoms with Gasteiger partial charge in [-0.25, -0.2) is 0 Å². The molecule has 0 aromatic heterocycles. The lowest BCUT2D eigenvalue weighted by Crippen LogP contribution is -2.62. The molecule has 0 amide bonds. The number of fused-ring (bicyclic) bond motifs is 2. The van der Waals surface area contributed by atoms with Crippen molar-refractivity contribution in [2.45, 2.75) is 70.5 Å². The highest BCUT2D eigenvalue weighted by Crippen LogP contribution is 2.57. The van der Waals surface area contributed by atoms with Gasteiger partial charge in [-0.1, -0.05) is 62.5 Å². The Balaban J connectivity index is 1.62. The van der Waals surface area contributed by atoms with Crippen LogP contribution >= 0.6 is 0 Å². The molecule has 0 saturated heterocycles. The lowest BCUT2D eigenvalue weighted by Gasteiger charge is -2.55. The molecule has 6 atom stereocenters. The number of nitrogens with one attached hydrogen (secondary N) is 1. The molecular formula is C27H37N3. The predicted octanol–water partition coefficient (Wildman–Crippen LogP) is 4.97. The van der Waals surface area contributed by atoms with Crippen LogP contribution < -0.4 is 11.1 Å². The second-order valence-electron chi connectivity index (χ2n) is 9.98. The first-order valence-electron chi connectivity index (χ1n) is 12.0. The SMILES string of the molecule is CC1C=CC(C2(C)C(NCN)CCC3C4=C(C=CCC4)N(C4C=CC=CC4)C32)=CC1. The molecule has 5 rings (SSSR count). The summed E-state index contributed by atoms with van der Waals surface area (Å²) in [5, 5.41) is 3.71. The van der Waals surface area contributed by atoms with Crippen LogP contribution in [0.3, 0.4) is 0 Å². The Labute approximate surface area is 182 Å². The van der Waals surface area contributed by atoms with Gasteiger partial charge in [-0.05, 0) is 61.7 Å². The van der Waals surface area contributed by atoms with Gasteiger partial charge in [0.05, 0.1) is 6.04 Å². The van der Waals surface area contributed by atoms with E-state index in [0.29, 0.717) is 36.6 Å². The van der Waals surface area contributed by atoms with Gasteiger partial charge < -0.3 is 16.0 Å². The quantitative estimate of drug-likeness (QED) is 0.651. The van der Waals surface area contributed by atoms with Crippen molar-refractivity contribution in [3.63, 3.8) is 0 Å². The molecule has 0 aromatic carbocycles. The highest BCUT2D eigenvalue weighted by molar-refractivity contribution is 5.45. The molecule has 6 unspecified atom stereocenters. The molecule has 1 fully saturated rings. The molecule has 1 aliphatic heterocycles. The highest BCUT2D eigenvalue weighted by atomic mass is 15.2. The summed E-state index contributed by atoms with van der Waals surface area (Å²) in [7, 11) is 0. The van der Waals surface area contributed by atoms with Crippen LogP contribution in [-0.2, 0) is 0 Å². The second kappa shape index (κ2) is 8.01. The standard InChI is InChI=1S/C27H37N3/c1-19-12-14-20(15-13-19)27(2)25(29-18-28)17-16-23-22-10-6-7-11-24(22)30(26(23)27)21-8-4-3-5-9-21/h3-5,7-8,11-12,14-15,19,21,23,25-26,29H,6,9-10,13,16-18,28H2,1-2H3. The molecular weight excluding hydrogens is 366 g/mol. The Morgan fingerprint density at radius 1 is 1.13 bits per heavy atom. The molecule has 0 spiro atoms. The molecule has 3 nitrogen and oxygen atoms in total. The first kappa shape index (κ1) is 20.1. The summed E-state index contributed by atoms with van der Waals surface area (Å²) < 4.78 is 0. The summed E-state index contributed by atoms with van der Waals surface area (Å²) in [6.07, 6.45) is 28.5. The monoisotopic (exact) mass is 403 g/mol. The van der Waals surface area contributed by atoms with E-state index in [2.05, 4.69) is 78.7 Å². The van der Waals surface area contributed by atoms with E-state index in [1.807, 2.05) is 0 Å². The van der Waals surface area contributed by atoms with E-state index in [9.17, 15) is 0 Å². The van der Waals surface area contributed by atoms with Gasteiger partial charge in [0.2, 0.25) is 0 Å². The van der Waals surface area contributed by atoms with Gasteiger partial charge in [-0.2, -0.15) is 0 Å². The Bertz CT molecular complexity index is 857. The predicted molar refractivity (Wildman–Crippen MR) is 126 cm³/mol. The molecule has 160 valence electrons. The molecule has 3 heteroatoms. The first-order valence-corrected chi connectivity index (χ1v) is 12.0. The summed E-state index contributed by atoms with van der Waals surface area (Å²) in [5.41, 5.74) is 10.9. The number of allylic oxidation sites excluding steroid dienone is 7. The van der Waals surface area contributed by atoms with E-state index in [1.54, 1.807) is 5.57 Å². The summed E-state index contributed by atoms with van der Waals surface area (Å²) in [4.78, 5) is 2.81. The van der Waals surface area contributed by atoms with E-state index in [1.165, 1.54) is 37.0 Å². The maximum absolute atomic E-state index is 6.06. The van der Waals surface area contributed by atoms with Crippen molar-refractivity contribution < 1.29 is 0 Å². The van der Waals surface area contributed by atoms with E-state index >= 15 is 0 Å². The van der Waals surface area contributed by atoms with Gasteiger partial charge in [-0.3, -0.25) is 0 Å². The van der Waals surface area contributed by atoms with Crippen molar-refractivity contribution >= 4 is 0 Å². The van der Waals surface area contributed by atoms with Gasteiger partial charge in [0, 0.05) is 35.8 Å². The first-order chi connectivity index (χ1) is 14.6. The topological polar surface area (TPSA) is 41.3 Å². The van der Waals surface area contributed by atoms with E-state index < -0.39 is 0 Å². The minimum absolute atomic E-state index is 0.0408. The zero-order chi connectivity index (χ0) is 20.7. The van der Waals surface area contributed by atoms with Crippen molar-refractivity contribution in [2.24, 2.45) is 23.0 Å². The molecule has 0 aromatic rings. The minimum Gasteiger partial charge on any atom is -0.360 e. The largest absolute Gasteiger partial charge is 0.360 e. The number of nitrogens with zero attached hydrogens (tertiary/aromatic N) is 1. The third kappa shape index (κ3) is 3.09. The van der Waals surface area contributed by atoms with Crippen LogP contribution in [0, 0.1) is 17.3 Å². The fourth-order valence-electron chi connectivity index (χ4n) is 6.84. The fraction of sp³-hybridized carbons (Fsp3) is 0.556.